The molecule has 4 aromatic rings. The Morgan fingerprint density at radius 3 is 1.86 bits per heavy atom. The van der Waals surface area contributed by atoms with Crippen molar-refractivity contribution in [1.29, 1.82) is 0 Å². The number of hydrogen-bond donors (Lipinski definition) is 1. The van der Waals surface area contributed by atoms with Crippen LogP contribution in [0.3, 0.4) is 0 Å². The molecule has 5 nitrogen and oxygen atoms in total. The molecule has 0 radical (unpaired) electrons. The van der Waals surface area contributed by atoms with Gasteiger partial charge in [-0.3, -0.25) is 9.36 Å². The first-order valence-corrected chi connectivity index (χ1v) is 11.0. The molecular formula is C22H26Br2N4O. The third kappa shape index (κ3) is 4.57. The number of hydrogen-bond acceptors (Lipinski definition) is 3. The molecule has 0 aliphatic rings. The highest BCUT2D eigenvalue weighted by molar-refractivity contribution is 9.10. The number of benzene rings is 2. The molecule has 0 fully saturated rings. The molecule has 0 aliphatic carbocycles. The number of aromatic nitrogens is 4. The van der Waals surface area contributed by atoms with E-state index in [2.05, 4.69) is 62.0 Å². The molecule has 154 valence electrons. The van der Waals surface area contributed by atoms with Crippen LogP contribution in [-0.2, 0) is 19.7 Å². The monoisotopic (exact) mass is 520 g/mol. The van der Waals surface area contributed by atoms with Gasteiger partial charge in [-0.25, -0.2) is 0 Å². The van der Waals surface area contributed by atoms with E-state index in [1.165, 1.54) is 11.1 Å². The Balaban J connectivity index is 0.000000166. The number of fused-ring (bicyclic) bond motifs is 2. The van der Waals surface area contributed by atoms with Crippen molar-refractivity contribution in [3.05, 3.63) is 56.7 Å². The van der Waals surface area contributed by atoms with E-state index >= 15 is 0 Å². The molecular weight excluding hydrogens is 496 g/mol. The zero-order chi connectivity index (χ0) is 21.5. The van der Waals surface area contributed by atoms with E-state index < -0.39 is 5.60 Å². The van der Waals surface area contributed by atoms with Crippen molar-refractivity contribution in [2.24, 2.45) is 14.1 Å². The summed E-state index contributed by atoms with van der Waals surface area (Å²) in [5, 5.41) is 21.1. The van der Waals surface area contributed by atoms with Crippen molar-refractivity contribution in [3.63, 3.8) is 0 Å². The van der Waals surface area contributed by atoms with Gasteiger partial charge in [-0.05, 0) is 56.2 Å². The van der Waals surface area contributed by atoms with Crippen molar-refractivity contribution >= 4 is 53.7 Å². The molecule has 0 aliphatic heterocycles. The zero-order valence-corrected chi connectivity index (χ0v) is 20.7. The largest absolute Gasteiger partial charge is 0.384 e. The summed E-state index contributed by atoms with van der Waals surface area (Å²) in [6, 6.07) is 12.1. The Kier molecular flexibility index (Phi) is 6.22. The normalized spacial score (nSPS) is 11.9. The van der Waals surface area contributed by atoms with Crippen LogP contribution in [0.2, 0.25) is 0 Å². The molecule has 0 saturated heterocycles. The molecule has 0 bridgehead atoms. The van der Waals surface area contributed by atoms with Crippen LogP contribution in [0.1, 0.15) is 45.0 Å². The summed E-state index contributed by atoms with van der Waals surface area (Å²) in [6.45, 7) is 7.92. The summed E-state index contributed by atoms with van der Waals surface area (Å²) in [6.07, 6.45) is 0. The Bertz CT molecular complexity index is 1170. The van der Waals surface area contributed by atoms with Crippen LogP contribution in [-0.4, -0.2) is 24.7 Å². The summed E-state index contributed by atoms with van der Waals surface area (Å²) in [5.74, 6) is 0.499. The lowest BCUT2D eigenvalue weighted by molar-refractivity contribution is 0.0711. The molecule has 0 amide bonds. The maximum atomic E-state index is 10.1. The average molecular weight is 522 g/mol. The molecule has 1 N–H and O–H groups in total. The second kappa shape index (κ2) is 8.20. The fourth-order valence-corrected chi connectivity index (χ4v) is 4.49. The smallest absolute Gasteiger partial charge is 0.101 e. The minimum absolute atomic E-state index is 0.499. The third-order valence-corrected chi connectivity index (χ3v) is 5.75. The minimum Gasteiger partial charge on any atom is -0.384 e. The maximum absolute atomic E-state index is 10.1. The Hall–Kier alpha value is -1.70. The van der Waals surface area contributed by atoms with Crippen LogP contribution in [0.15, 0.2) is 45.3 Å². The lowest BCUT2D eigenvalue weighted by atomic mass is 10.0. The Morgan fingerprint density at radius 1 is 0.862 bits per heavy atom. The fraction of sp³-hybridized carbons (Fsp3) is 0.364. The van der Waals surface area contributed by atoms with E-state index in [1.807, 2.05) is 49.1 Å². The number of nitrogens with zero attached hydrogens (tertiary/aromatic N) is 4. The van der Waals surface area contributed by atoms with E-state index in [-0.39, 0.29) is 0 Å². The summed E-state index contributed by atoms with van der Waals surface area (Å²) in [4.78, 5) is 0. The number of aliphatic hydroxyl groups is 1. The third-order valence-electron chi connectivity index (χ3n) is 4.76. The summed E-state index contributed by atoms with van der Waals surface area (Å²) >= 11 is 6.91. The van der Waals surface area contributed by atoms with Crippen molar-refractivity contribution in [2.45, 2.75) is 39.2 Å². The van der Waals surface area contributed by atoms with Crippen molar-refractivity contribution in [3.8, 4) is 0 Å². The van der Waals surface area contributed by atoms with Crippen molar-refractivity contribution < 1.29 is 5.11 Å². The van der Waals surface area contributed by atoms with Gasteiger partial charge in [0.15, 0.2) is 0 Å². The highest BCUT2D eigenvalue weighted by atomic mass is 79.9. The highest BCUT2D eigenvalue weighted by Crippen LogP contribution is 2.30. The predicted molar refractivity (Wildman–Crippen MR) is 126 cm³/mol. The molecule has 29 heavy (non-hydrogen) atoms. The first-order chi connectivity index (χ1) is 13.5. The van der Waals surface area contributed by atoms with Gasteiger partial charge in [0, 0.05) is 39.5 Å². The molecule has 0 saturated carbocycles. The van der Waals surface area contributed by atoms with Gasteiger partial charge in [-0.2, -0.15) is 10.2 Å². The molecule has 7 heteroatoms. The van der Waals surface area contributed by atoms with Gasteiger partial charge in [0.2, 0.25) is 0 Å². The number of aryl methyl sites for hydroxylation is 2. The first kappa shape index (κ1) is 22.0. The van der Waals surface area contributed by atoms with E-state index in [1.54, 1.807) is 18.5 Å². The fourth-order valence-electron chi connectivity index (χ4n) is 3.77. The van der Waals surface area contributed by atoms with Crippen LogP contribution in [0.25, 0.3) is 21.8 Å². The van der Waals surface area contributed by atoms with Crippen LogP contribution < -0.4 is 0 Å². The van der Waals surface area contributed by atoms with Crippen LogP contribution in [0.5, 0.6) is 0 Å². The highest BCUT2D eigenvalue weighted by Gasteiger charge is 2.24. The first-order valence-electron chi connectivity index (χ1n) is 9.46. The van der Waals surface area contributed by atoms with Crippen LogP contribution >= 0.6 is 31.9 Å². The van der Waals surface area contributed by atoms with E-state index in [9.17, 15) is 5.11 Å². The second-order valence-electron chi connectivity index (χ2n) is 8.02. The van der Waals surface area contributed by atoms with Crippen LogP contribution in [0, 0.1) is 0 Å². The predicted octanol–water partition coefficient (Wildman–Crippen LogP) is 6.02. The Morgan fingerprint density at radius 2 is 1.34 bits per heavy atom. The lowest BCUT2D eigenvalue weighted by Gasteiger charge is -2.18. The van der Waals surface area contributed by atoms with Crippen LogP contribution in [0.4, 0.5) is 0 Å². The van der Waals surface area contributed by atoms with Crippen molar-refractivity contribution in [1.82, 2.24) is 19.6 Å². The average Bonchev–Trinajstić information content (AvgIpc) is 3.09. The summed E-state index contributed by atoms with van der Waals surface area (Å²) in [5.41, 5.74) is 3.21. The van der Waals surface area contributed by atoms with E-state index in [0.29, 0.717) is 5.92 Å². The molecule has 2 aromatic carbocycles. The van der Waals surface area contributed by atoms with Gasteiger partial charge in [-0.1, -0.05) is 45.7 Å². The lowest BCUT2D eigenvalue weighted by Crippen LogP contribution is -2.20. The number of rotatable bonds is 2. The SMILES string of the molecule is CC(C)c1c2cc(Br)ccc2nn1C.Cn1nc2ccc(Br)cc2c1C(C)(C)O. The standard InChI is InChI=1S/C11H13BrN2O.C11H13BrN2/c1-11(2,15)10-8-6-7(12)4-5-9(8)13-14(10)3;1-7(2)11-9-6-8(12)4-5-10(9)13-14(11)3/h4-6,15H,1-3H3;4-7H,1-3H3. The van der Waals surface area contributed by atoms with E-state index in [4.69, 9.17) is 0 Å². The molecule has 0 unspecified atom stereocenters. The van der Waals surface area contributed by atoms with E-state index in [0.717, 1.165) is 31.1 Å². The molecule has 0 atom stereocenters. The molecule has 4 rings (SSSR count). The molecule has 0 spiro atoms. The van der Waals surface area contributed by atoms with Gasteiger partial charge in [0.05, 0.1) is 16.7 Å². The second-order valence-corrected chi connectivity index (χ2v) is 9.85. The summed E-state index contributed by atoms with van der Waals surface area (Å²) < 4.78 is 5.81. The molecule has 2 heterocycles. The van der Waals surface area contributed by atoms with Gasteiger partial charge in [0.25, 0.3) is 0 Å². The van der Waals surface area contributed by atoms with Crippen molar-refractivity contribution in [2.75, 3.05) is 0 Å². The zero-order valence-electron chi connectivity index (χ0n) is 17.5. The minimum atomic E-state index is -0.885. The Labute approximate surface area is 188 Å². The molecule has 2 aromatic heterocycles. The maximum Gasteiger partial charge on any atom is 0.101 e. The van der Waals surface area contributed by atoms with Gasteiger partial charge in [-0.15, -0.1) is 0 Å². The number of halogens is 2. The van der Waals surface area contributed by atoms with Gasteiger partial charge < -0.3 is 5.11 Å². The van der Waals surface area contributed by atoms with Gasteiger partial charge in [0.1, 0.15) is 5.60 Å². The topological polar surface area (TPSA) is 55.9 Å². The van der Waals surface area contributed by atoms with Gasteiger partial charge >= 0.3 is 0 Å². The summed E-state index contributed by atoms with van der Waals surface area (Å²) in [7, 11) is 3.85. The quantitative estimate of drug-likeness (QED) is 0.350.